The van der Waals surface area contributed by atoms with Gasteiger partial charge in [0.2, 0.25) is 11.8 Å². The second kappa shape index (κ2) is 10.7. The van der Waals surface area contributed by atoms with E-state index in [2.05, 4.69) is 28.2 Å². The van der Waals surface area contributed by atoms with Crippen LogP contribution in [0.1, 0.15) is 36.1 Å². The number of carbonyl (C=O) groups is 1. The maximum absolute atomic E-state index is 13.0. The summed E-state index contributed by atoms with van der Waals surface area (Å²) >= 11 is 1.16. The summed E-state index contributed by atoms with van der Waals surface area (Å²) in [6.45, 7) is 9.33. The van der Waals surface area contributed by atoms with Gasteiger partial charge >= 0.3 is 0 Å². The average Bonchev–Trinajstić information content (AvgIpc) is 3.31. The SMILES string of the molecule is C=CCn1c(CS(=O)(=O)c2ccccc2)nnc1SC(CC)C(=O)Nc1oc(C)c(C)c1C#N. The van der Waals surface area contributed by atoms with Gasteiger partial charge in [0.25, 0.3) is 0 Å². The maximum atomic E-state index is 13.0. The quantitative estimate of drug-likeness (QED) is 0.327. The molecule has 0 fully saturated rings. The predicted molar refractivity (Wildman–Crippen MR) is 129 cm³/mol. The van der Waals surface area contributed by atoms with Gasteiger partial charge in [-0.15, -0.1) is 16.8 Å². The van der Waals surface area contributed by atoms with Crippen LogP contribution in [-0.2, 0) is 26.9 Å². The molecule has 1 unspecified atom stereocenters. The first kappa shape index (κ1) is 25.3. The molecule has 1 N–H and O–H groups in total. The van der Waals surface area contributed by atoms with Crippen molar-refractivity contribution in [1.82, 2.24) is 14.8 Å². The third kappa shape index (κ3) is 5.40. The molecule has 3 rings (SSSR count). The number of nitrogens with zero attached hydrogens (tertiary/aromatic N) is 4. The number of aryl methyl sites for hydroxylation is 1. The zero-order chi connectivity index (χ0) is 24.9. The van der Waals surface area contributed by atoms with Crippen LogP contribution in [0.3, 0.4) is 0 Å². The van der Waals surface area contributed by atoms with E-state index in [1.807, 2.05) is 6.92 Å². The van der Waals surface area contributed by atoms with Gasteiger partial charge in [-0.05, 0) is 32.4 Å². The molecule has 1 aromatic carbocycles. The van der Waals surface area contributed by atoms with Gasteiger partial charge in [-0.2, -0.15) is 5.26 Å². The largest absolute Gasteiger partial charge is 0.444 e. The zero-order valence-corrected chi connectivity index (χ0v) is 20.7. The van der Waals surface area contributed by atoms with Crippen molar-refractivity contribution < 1.29 is 17.6 Å². The van der Waals surface area contributed by atoms with Crippen LogP contribution < -0.4 is 5.32 Å². The van der Waals surface area contributed by atoms with Crippen molar-refractivity contribution in [2.24, 2.45) is 0 Å². The highest BCUT2D eigenvalue weighted by Crippen LogP contribution is 2.29. The van der Waals surface area contributed by atoms with Gasteiger partial charge in [0.05, 0.1) is 10.1 Å². The maximum Gasteiger partial charge on any atom is 0.240 e. The van der Waals surface area contributed by atoms with Crippen molar-refractivity contribution in [3.63, 3.8) is 0 Å². The van der Waals surface area contributed by atoms with Gasteiger partial charge in [-0.3, -0.25) is 10.1 Å². The van der Waals surface area contributed by atoms with Crippen LogP contribution in [0.2, 0.25) is 0 Å². The van der Waals surface area contributed by atoms with E-state index in [1.165, 1.54) is 12.1 Å². The Morgan fingerprint density at radius 3 is 2.65 bits per heavy atom. The summed E-state index contributed by atoms with van der Waals surface area (Å²) in [4.78, 5) is 13.1. The molecule has 9 nitrogen and oxygen atoms in total. The average molecular weight is 500 g/mol. The summed E-state index contributed by atoms with van der Waals surface area (Å²) in [6, 6.07) is 10.2. The van der Waals surface area contributed by atoms with Gasteiger partial charge < -0.3 is 8.98 Å². The normalized spacial score (nSPS) is 12.2. The van der Waals surface area contributed by atoms with Crippen molar-refractivity contribution in [1.29, 1.82) is 5.26 Å². The highest BCUT2D eigenvalue weighted by molar-refractivity contribution is 8.00. The molecule has 0 spiro atoms. The van der Waals surface area contributed by atoms with E-state index < -0.39 is 15.1 Å². The standard InChI is InChI=1S/C23H25N5O4S2/c1-5-12-28-20(14-34(30,31)17-10-8-7-9-11-17)26-27-23(28)33-19(6-2)21(29)25-22-18(13-24)15(3)16(4)32-22/h5,7-11,19H,1,6,12,14H2,2-4H3,(H,25,29). The van der Waals surface area contributed by atoms with Crippen molar-refractivity contribution in [3.8, 4) is 6.07 Å². The molecule has 0 aliphatic carbocycles. The number of hydrogen-bond acceptors (Lipinski definition) is 8. The van der Waals surface area contributed by atoms with Gasteiger partial charge in [0.1, 0.15) is 29.0 Å². The summed E-state index contributed by atoms with van der Waals surface area (Å²) in [5, 5.41) is 20.1. The number of hydrogen-bond donors (Lipinski definition) is 1. The van der Waals surface area contributed by atoms with E-state index in [-0.39, 0.29) is 40.4 Å². The summed E-state index contributed by atoms with van der Waals surface area (Å²) in [6.07, 6.45) is 2.07. The lowest BCUT2D eigenvalue weighted by Crippen LogP contribution is -2.25. The number of rotatable bonds is 10. The fraction of sp³-hybridized carbons (Fsp3) is 0.304. The number of thioether (sulfide) groups is 1. The molecule has 0 bridgehead atoms. The molecule has 0 radical (unpaired) electrons. The first-order valence-corrected chi connectivity index (χ1v) is 13.0. The number of amides is 1. The predicted octanol–water partition coefficient (Wildman–Crippen LogP) is 4.03. The van der Waals surface area contributed by atoms with E-state index in [0.29, 0.717) is 22.9 Å². The number of nitriles is 1. The van der Waals surface area contributed by atoms with Gasteiger partial charge in [0.15, 0.2) is 15.0 Å². The number of carbonyl (C=O) groups excluding carboxylic acids is 1. The number of anilines is 1. The van der Waals surface area contributed by atoms with Crippen molar-refractivity contribution in [2.45, 2.75) is 54.8 Å². The minimum Gasteiger partial charge on any atom is -0.444 e. The molecule has 2 aromatic heterocycles. The first-order valence-electron chi connectivity index (χ1n) is 10.5. The second-order valence-electron chi connectivity index (χ2n) is 7.47. The highest BCUT2D eigenvalue weighted by atomic mass is 32.2. The molecular weight excluding hydrogens is 474 g/mol. The van der Waals surface area contributed by atoms with Crippen LogP contribution in [-0.4, -0.2) is 34.3 Å². The van der Waals surface area contributed by atoms with E-state index in [4.69, 9.17) is 4.42 Å². The van der Waals surface area contributed by atoms with E-state index in [9.17, 15) is 18.5 Å². The molecule has 0 saturated heterocycles. The van der Waals surface area contributed by atoms with Crippen LogP contribution in [0.5, 0.6) is 0 Å². The summed E-state index contributed by atoms with van der Waals surface area (Å²) in [5.74, 6) is 0.235. The van der Waals surface area contributed by atoms with E-state index in [0.717, 1.165) is 11.8 Å². The Morgan fingerprint density at radius 2 is 2.03 bits per heavy atom. The van der Waals surface area contributed by atoms with Crippen LogP contribution in [0.25, 0.3) is 0 Å². The number of sulfone groups is 1. The highest BCUT2D eigenvalue weighted by Gasteiger charge is 2.27. The number of nitrogens with one attached hydrogen (secondary N) is 1. The Labute approximate surface area is 202 Å². The van der Waals surface area contributed by atoms with E-state index in [1.54, 1.807) is 42.7 Å². The molecule has 34 heavy (non-hydrogen) atoms. The number of allylic oxidation sites excluding steroid dienone is 1. The van der Waals surface area contributed by atoms with Crippen LogP contribution >= 0.6 is 11.8 Å². The molecule has 2 heterocycles. The first-order chi connectivity index (χ1) is 16.2. The second-order valence-corrected chi connectivity index (χ2v) is 10.6. The lowest BCUT2D eigenvalue weighted by molar-refractivity contribution is -0.115. The molecule has 3 aromatic rings. The van der Waals surface area contributed by atoms with Crippen molar-refractivity contribution >= 4 is 33.4 Å². The van der Waals surface area contributed by atoms with Crippen molar-refractivity contribution in [3.05, 3.63) is 65.7 Å². The Bertz CT molecular complexity index is 1340. The van der Waals surface area contributed by atoms with Gasteiger partial charge in [0, 0.05) is 12.1 Å². The fourth-order valence-corrected chi connectivity index (χ4v) is 5.47. The third-order valence-corrected chi connectivity index (χ3v) is 8.14. The molecule has 0 saturated carbocycles. The molecule has 0 aliphatic heterocycles. The van der Waals surface area contributed by atoms with Crippen LogP contribution in [0.4, 0.5) is 5.88 Å². The Balaban J connectivity index is 1.83. The fourth-order valence-electron chi connectivity index (χ4n) is 3.20. The third-order valence-electron chi connectivity index (χ3n) is 5.17. The Morgan fingerprint density at radius 1 is 1.32 bits per heavy atom. The summed E-state index contributed by atoms with van der Waals surface area (Å²) in [7, 11) is -3.63. The smallest absolute Gasteiger partial charge is 0.240 e. The van der Waals surface area contributed by atoms with Gasteiger partial charge in [-0.1, -0.05) is 43.0 Å². The number of furan rings is 1. The summed E-state index contributed by atoms with van der Waals surface area (Å²) < 4.78 is 32.8. The number of benzene rings is 1. The topological polar surface area (TPSA) is 131 Å². The molecular formula is C23H25N5O4S2. The van der Waals surface area contributed by atoms with Gasteiger partial charge in [-0.25, -0.2) is 8.42 Å². The molecule has 0 aliphatic rings. The Hall–Kier alpha value is -3.36. The zero-order valence-electron chi connectivity index (χ0n) is 19.1. The Kier molecular flexibility index (Phi) is 7.96. The minimum absolute atomic E-state index is 0.115. The van der Waals surface area contributed by atoms with E-state index >= 15 is 0 Å². The minimum atomic E-state index is -3.63. The monoisotopic (exact) mass is 499 g/mol. The lowest BCUT2D eigenvalue weighted by atomic mass is 10.2. The molecule has 1 atom stereocenters. The molecule has 11 heteroatoms. The summed E-state index contributed by atoms with van der Waals surface area (Å²) in [5.41, 5.74) is 0.961. The van der Waals surface area contributed by atoms with Crippen molar-refractivity contribution in [2.75, 3.05) is 5.32 Å². The lowest BCUT2D eigenvalue weighted by Gasteiger charge is -2.14. The number of aromatic nitrogens is 3. The van der Waals surface area contributed by atoms with Crippen LogP contribution in [0, 0.1) is 25.2 Å². The molecule has 1 amide bonds. The van der Waals surface area contributed by atoms with Crippen LogP contribution in [0.15, 0.2) is 57.5 Å². The molecule has 178 valence electrons.